The van der Waals surface area contributed by atoms with Crippen molar-refractivity contribution in [2.75, 3.05) is 0 Å². The molecule has 0 bridgehead atoms. The number of carbonyl (C=O) groups is 2. The monoisotopic (exact) mass is 448 g/mol. The molecule has 1 aromatic heterocycles. The summed E-state index contributed by atoms with van der Waals surface area (Å²) >= 11 is 0. The fraction of sp³-hybridized carbons (Fsp3) is 0.423. The lowest BCUT2D eigenvalue weighted by atomic mass is 9.93. The van der Waals surface area contributed by atoms with Gasteiger partial charge in [0.15, 0.2) is 5.82 Å². The van der Waals surface area contributed by atoms with Gasteiger partial charge in [0.05, 0.1) is 24.1 Å². The number of halogens is 1. The van der Waals surface area contributed by atoms with E-state index >= 15 is 0 Å². The van der Waals surface area contributed by atoms with E-state index in [1.165, 1.54) is 23.8 Å². The average Bonchev–Trinajstić information content (AvgIpc) is 2.98. The zero-order valence-electron chi connectivity index (χ0n) is 18.9. The second kappa shape index (κ2) is 8.61. The summed E-state index contributed by atoms with van der Waals surface area (Å²) in [6.45, 7) is 2.06. The van der Waals surface area contributed by atoms with Crippen LogP contribution >= 0.6 is 0 Å². The largest absolute Gasteiger partial charge is 0.351 e. The van der Waals surface area contributed by atoms with E-state index in [1.807, 2.05) is 28.8 Å². The molecule has 1 atom stereocenters. The Morgan fingerprint density at radius 3 is 2.55 bits per heavy atom. The predicted molar refractivity (Wildman–Crippen MR) is 124 cm³/mol. The molecule has 2 aliphatic rings. The molecule has 1 fully saturated rings. The van der Waals surface area contributed by atoms with Crippen LogP contribution in [0, 0.1) is 5.82 Å². The number of nitrogens with one attached hydrogen (secondary N) is 1. The quantitative estimate of drug-likeness (QED) is 0.601. The van der Waals surface area contributed by atoms with E-state index in [9.17, 15) is 14.0 Å². The first-order valence-corrected chi connectivity index (χ1v) is 11.8. The fourth-order valence-corrected chi connectivity index (χ4v) is 5.14. The van der Waals surface area contributed by atoms with E-state index in [2.05, 4.69) is 10.3 Å². The van der Waals surface area contributed by atoms with Gasteiger partial charge >= 0.3 is 0 Å². The third-order valence-corrected chi connectivity index (χ3v) is 7.12. The van der Waals surface area contributed by atoms with E-state index in [0.29, 0.717) is 11.1 Å². The molecule has 6 nitrogen and oxygen atoms in total. The van der Waals surface area contributed by atoms with Gasteiger partial charge in [-0.05, 0) is 38.0 Å². The number of hydrogen-bond donors (Lipinski definition) is 1. The molecule has 1 unspecified atom stereocenters. The summed E-state index contributed by atoms with van der Waals surface area (Å²) < 4.78 is 16.4. The molecule has 0 spiro atoms. The summed E-state index contributed by atoms with van der Waals surface area (Å²) in [5.74, 6) is -0.662. The van der Waals surface area contributed by atoms with Crippen molar-refractivity contribution in [3.8, 4) is 0 Å². The van der Waals surface area contributed by atoms with E-state index in [4.69, 9.17) is 0 Å². The summed E-state index contributed by atoms with van der Waals surface area (Å²) in [6.07, 6.45) is 6.45. The van der Waals surface area contributed by atoms with E-state index in [-0.39, 0.29) is 36.8 Å². The van der Waals surface area contributed by atoms with Crippen LogP contribution in [-0.4, -0.2) is 37.8 Å². The van der Waals surface area contributed by atoms with Crippen molar-refractivity contribution in [1.82, 2.24) is 19.8 Å². The third kappa shape index (κ3) is 3.90. The van der Waals surface area contributed by atoms with Crippen LogP contribution in [0.5, 0.6) is 0 Å². The summed E-state index contributed by atoms with van der Waals surface area (Å²) in [5, 5.41) is 3.23. The Balaban J connectivity index is 1.55. The van der Waals surface area contributed by atoms with Crippen LogP contribution in [0.3, 0.4) is 0 Å². The van der Waals surface area contributed by atoms with Crippen molar-refractivity contribution >= 4 is 22.8 Å². The molecule has 1 saturated carbocycles. The molecule has 0 saturated heterocycles. The van der Waals surface area contributed by atoms with E-state index < -0.39 is 11.4 Å². The number of carbonyl (C=O) groups excluding carboxylic acids is 2. The van der Waals surface area contributed by atoms with Crippen LogP contribution in [0.1, 0.15) is 61.6 Å². The molecule has 1 N–H and O–H groups in total. The maximum Gasteiger partial charge on any atom is 0.291 e. The number of fused-ring (bicyclic) bond motifs is 3. The van der Waals surface area contributed by atoms with Crippen LogP contribution < -0.4 is 5.32 Å². The second-order valence-corrected chi connectivity index (χ2v) is 9.43. The van der Waals surface area contributed by atoms with Crippen molar-refractivity contribution in [2.24, 2.45) is 0 Å². The molecule has 5 rings (SSSR count). The Bertz CT molecular complexity index is 1200. The SMILES string of the molecule is CC1(C(=O)NC2CCCCCC2)Cn2c(nc3ccccc32)C(=O)N1Cc1ccccc1F. The molecule has 2 amide bonds. The second-order valence-electron chi connectivity index (χ2n) is 9.43. The highest BCUT2D eigenvalue weighted by atomic mass is 19.1. The average molecular weight is 449 g/mol. The zero-order valence-corrected chi connectivity index (χ0v) is 18.9. The molecule has 2 aromatic carbocycles. The minimum atomic E-state index is -1.18. The number of nitrogens with zero attached hydrogens (tertiary/aromatic N) is 3. The molecule has 1 aliphatic heterocycles. The van der Waals surface area contributed by atoms with Gasteiger partial charge in [-0.2, -0.15) is 0 Å². The van der Waals surface area contributed by atoms with Crippen LogP contribution in [0.4, 0.5) is 4.39 Å². The molecular weight excluding hydrogens is 419 g/mol. The Hall–Kier alpha value is -3.22. The lowest BCUT2D eigenvalue weighted by Gasteiger charge is -2.44. The first kappa shape index (κ1) is 21.6. The Morgan fingerprint density at radius 1 is 1.09 bits per heavy atom. The fourth-order valence-electron chi connectivity index (χ4n) is 5.14. The van der Waals surface area contributed by atoms with Crippen LogP contribution in [0.15, 0.2) is 48.5 Å². The van der Waals surface area contributed by atoms with Gasteiger partial charge in [-0.25, -0.2) is 9.37 Å². The van der Waals surface area contributed by atoms with E-state index in [1.54, 1.807) is 25.1 Å². The molecular formula is C26H29FN4O2. The highest BCUT2D eigenvalue weighted by Gasteiger charge is 2.49. The lowest BCUT2D eigenvalue weighted by molar-refractivity contribution is -0.134. The maximum atomic E-state index is 14.5. The molecule has 3 aromatic rings. The highest BCUT2D eigenvalue weighted by molar-refractivity contribution is 6.01. The number of para-hydroxylation sites is 2. The van der Waals surface area contributed by atoms with Gasteiger partial charge in [-0.3, -0.25) is 9.59 Å². The summed E-state index contributed by atoms with van der Waals surface area (Å²) in [4.78, 5) is 33.5. The normalized spacial score (nSPS) is 21.6. The van der Waals surface area contributed by atoms with Crippen molar-refractivity contribution in [3.63, 3.8) is 0 Å². The predicted octanol–water partition coefficient (Wildman–Crippen LogP) is 4.43. The smallest absolute Gasteiger partial charge is 0.291 e. The standard InChI is InChI=1S/C26H29FN4O2/c1-26(25(33)28-19-11-4-2-3-5-12-19)17-30-22-15-9-8-14-21(22)29-23(30)24(32)31(26)16-18-10-6-7-13-20(18)27/h6-10,13-15,19H,2-5,11-12,16-17H2,1H3,(H,28,33). The molecule has 0 radical (unpaired) electrons. The van der Waals surface area contributed by atoms with Crippen molar-refractivity contribution in [1.29, 1.82) is 0 Å². The highest BCUT2D eigenvalue weighted by Crippen LogP contribution is 2.32. The molecule has 2 heterocycles. The van der Waals surface area contributed by atoms with Gasteiger partial charge in [-0.15, -0.1) is 0 Å². The number of amides is 2. The minimum Gasteiger partial charge on any atom is -0.351 e. The van der Waals surface area contributed by atoms with Gasteiger partial charge in [0.1, 0.15) is 11.4 Å². The number of benzene rings is 2. The lowest BCUT2D eigenvalue weighted by Crippen LogP contribution is -2.64. The maximum absolute atomic E-state index is 14.5. The van der Waals surface area contributed by atoms with Gasteiger partial charge < -0.3 is 14.8 Å². The third-order valence-electron chi connectivity index (χ3n) is 7.12. The summed E-state index contributed by atoms with van der Waals surface area (Å²) in [6, 6.07) is 14.0. The number of hydrogen-bond acceptors (Lipinski definition) is 3. The van der Waals surface area contributed by atoms with Gasteiger partial charge in [0.25, 0.3) is 5.91 Å². The van der Waals surface area contributed by atoms with Crippen molar-refractivity contribution < 1.29 is 14.0 Å². The zero-order chi connectivity index (χ0) is 23.0. The van der Waals surface area contributed by atoms with Crippen molar-refractivity contribution in [2.45, 2.75) is 70.1 Å². The van der Waals surface area contributed by atoms with Gasteiger partial charge in [0.2, 0.25) is 5.91 Å². The number of rotatable bonds is 4. The Morgan fingerprint density at radius 2 is 1.79 bits per heavy atom. The van der Waals surface area contributed by atoms with Gasteiger partial charge in [0, 0.05) is 11.6 Å². The molecule has 172 valence electrons. The Labute approximate surface area is 192 Å². The van der Waals surface area contributed by atoms with E-state index in [0.717, 1.165) is 31.2 Å². The van der Waals surface area contributed by atoms with Gasteiger partial charge in [-0.1, -0.05) is 56.0 Å². The van der Waals surface area contributed by atoms with Crippen LogP contribution in [0.2, 0.25) is 0 Å². The molecule has 7 heteroatoms. The van der Waals surface area contributed by atoms with Crippen LogP contribution in [-0.2, 0) is 17.9 Å². The molecule has 1 aliphatic carbocycles. The first-order valence-electron chi connectivity index (χ1n) is 11.8. The molecule has 33 heavy (non-hydrogen) atoms. The Kier molecular flexibility index (Phi) is 5.64. The minimum absolute atomic E-state index is 0.00327. The summed E-state index contributed by atoms with van der Waals surface area (Å²) in [5.41, 5.74) is 0.728. The summed E-state index contributed by atoms with van der Waals surface area (Å²) in [7, 11) is 0. The first-order chi connectivity index (χ1) is 16.0. The number of aromatic nitrogens is 2. The van der Waals surface area contributed by atoms with Crippen LogP contribution in [0.25, 0.3) is 11.0 Å². The van der Waals surface area contributed by atoms with Crippen molar-refractivity contribution in [3.05, 3.63) is 65.7 Å². The number of imidazole rings is 1. The topological polar surface area (TPSA) is 67.2 Å².